The highest BCUT2D eigenvalue weighted by atomic mass is 35.5. The Morgan fingerprint density at radius 2 is 0.889 bits per heavy atom. The van der Waals surface area contributed by atoms with E-state index in [9.17, 15) is 9.59 Å². The predicted octanol–water partition coefficient (Wildman–Crippen LogP) is 6.75. The summed E-state index contributed by atoms with van der Waals surface area (Å²) in [6, 6.07) is 0. The number of hydrogen-bond acceptors (Lipinski definition) is 2. The number of hydrogen-bond donors (Lipinski definition) is 2. The molecule has 0 bridgehead atoms. The molecule has 0 radical (unpaired) electrons. The van der Waals surface area contributed by atoms with Crippen molar-refractivity contribution in [1.29, 1.82) is 0 Å². The van der Waals surface area contributed by atoms with Crippen molar-refractivity contribution in [1.82, 2.24) is 0 Å². The quantitative estimate of drug-likeness (QED) is 0.215. The first-order chi connectivity index (χ1) is 11.9. The number of rotatable bonds is 15. The average molecular weight is 448 g/mol. The number of aliphatic carboxylic acids is 2. The molecule has 0 heterocycles. The molecule has 7 heteroatoms. The van der Waals surface area contributed by atoms with E-state index in [1.807, 2.05) is 27.7 Å². The van der Waals surface area contributed by atoms with Crippen LogP contribution in [0.2, 0.25) is 0 Å². The summed E-state index contributed by atoms with van der Waals surface area (Å²) in [5.74, 6) is -1.88. The molecule has 0 aliphatic heterocycles. The van der Waals surface area contributed by atoms with E-state index >= 15 is 0 Å². The maximum Gasteiger partial charge on any atom is 0.322 e. The minimum Gasteiger partial charge on any atom is -0.480 e. The van der Waals surface area contributed by atoms with Crippen LogP contribution in [0.1, 0.15) is 91.9 Å². The highest BCUT2D eigenvalue weighted by Crippen LogP contribution is 2.33. The molecule has 162 valence electrons. The third kappa shape index (κ3) is 12.1. The SMILES string of the molecule is CC(C)(CCCCCCCCCCC(C)(C)C(Cl)C(=O)O)C(Cl)C(=O)O.Cl. The Labute approximate surface area is 180 Å². The highest BCUT2D eigenvalue weighted by molar-refractivity contribution is 6.30. The van der Waals surface area contributed by atoms with E-state index in [2.05, 4.69) is 0 Å². The second-order valence-corrected chi connectivity index (χ2v) is 9.58. The first-order valence-electron chi connectivity index (χ1n) is 9.65. The van der Waals surface area contributed by atoms with Crippen LogP contribution in [0, 0.1) is 10.8 Å². The van der Waals surface area contributed by atoms with Gasteiger partial charge in [-0.25, -0.2) is 0 Å². The lowest BCUT2D eigenvalue weighted by molar-refractivity contribution is -0.139. The third-order valence-corrected chi connectivity index (χ3v) is 6.75. The molecule has 0 aromatic rings. The molecule has 0 aromatic heterocycles. The lowest BCUT2D eigenvalue weighted by Gasteiger charge is -2.27. The molecule has 0 amide bonds. The van der Waals surface area contributed by atoms with Crippen LogP contribution < -0.4 is 0 Å². The van der Waals surface area contributed by atoms with Crippen molar-refractivity contribution in [3.8, 4) is 0 Å². The smallest absolute Gasteiger partial charge is 0.322 e. The molecule has 4 nitrogen and oxygen atoms in total. The van der Waals surface area contributed by atoms with Crippen LogP contribution in [0.5, 0.6) is 0 Å². The van der Waals surface area contributed by atoms with Crippen molar-refractivity contribution in [2.24, 2.45) is 10.8 Å². The van der Waals surface area contributed by atoms with Gasteiger partial charge in [-0.05, 0) is 23.7 Å². The van der Waals surface area contributed by atoms with E-state index in [-0.39, 0.29) is 23.2 Å². The number of carboxylic acids is 2. The van der Waals surface area contributed by atoms with Crippen molar-refractivity contribution in [3.05, 3.63) is 0 Å². The summed E-state index contributed by atoms with van der Waals surface area (Å²) in [4.78, 5) is 21.9. The summed E-state index contributed by atoms with van der Waals surface area (Å²) < 4.78 is 0. The normalized spacial score (nSPS) is 14.3. The molecule has 0 aliphatic rings. The van der Waals surface area contributed by atoms with Gasteiger partial charge in [0.05, 0.1) is 0 Å². The Balaban J connectivity index is 0. The molecule has 2 unspecified atom stereocenters. The Kier molecular flexibility index (Phi) is 14.9. The molecule has 0 aliphatic carbocycles. The van der Waals surface area contributed by atoms with Crippen molar-refractivity contribution in [3.63, 3.8) is 0 Å². The third-order valence-electron chi connectivity index (χ3n) is 5.20. The number of unbranched alkanes of at least 4 members (excludes halogenated alkanes) is 7. The predicted molar refractivity (Wildman–Crippen MR) is 116 cm³/mol. The zero-order chi connectivity index (χ0) is 20.4. The van der Waals surface area contributed by atoms with Crippen LogP contribution in [0.15, 0.2) is 0 Å². The summed E-state index contributed by atoms with van der Waals surface area (Å²) >= 11 is 11.9. The van der Waals surface area contributed by atoms with Gasteiger partial charge in [-0.2, -0.15) is 0 Å². The highest BCUT2D eigenvalue weighted by Gasteiger charge is 2.33. The van der Waals surface area contributed by atoms with Crippen molar-refractivity contribution in [2.45, 2.75) is 103 Å². The molecular weight excluding hydrogens is 411 g/mol. The zero-order valence-corrected chi connectivity index (χ0v) is 19.4. The standard InChI is InChI=1S/C20H36Cl2O4.ClH/c1-19(2,15(21)17(23)24)13-11-9-7-5-6-8-10-12-14-20(3,4)16(22)18(25)26;/h15-16H,5-14H2,1-4H3,(H,23,24)(H,25,26);1H. The molecule has 0 fully saturated rings. The van der Waals surface area contributed by atoms with E-state index in [4.69, 9.17) is 33.4 Å². The van der Waals surface area contributed by atoms with Crippen LogP contribution in [-0.4, -0.2) is 32.9 Å². The Hall–Kier alpha value is -0.190. The Morgan fingerprint density at radius 3 is 1.11 bits per heavy atom. The Morgan fingerprint density at radius 1 is 0.667 bits per heavy atom. The van der Waals surface area contributed by atoms with Gasteiger partial charge in [-0.3, -0.25) is 9.59 Å². The largest absolute Gasteiger partial charge is 0.480 e. The molecule has 0 spiro atoms. The topological polar surface area (TPSA) is 74.6 Å². The summed E-state index contributed by atoms with van der Waals surface area (Å²) in [5.41, 5.74) is -0.757. The van der Waals surface area contributed by atoms with Gasteiger partial charge in [-0.15, -0.1) is 35.6 Å². The maximum absolute atomic E-state index is 11.0. The van der Waals surface area contributed by atoms with Crippen molar-refractivity contribution in [2.75, 3.05) is 0 Å². The fourth-order valence-corrected chi connectivity index (χ4v) is 3.36. The van der Waals surface area contributed by atoms with Crippen LogP contribution in [0.3, 0.4) is 0 Å². The fraction of sp³-hybridized carbons (Fsp3) is 0.900. The molecule has 0 saturated carbocycles. The van der Waals surface area contributed by atoms with Crippen LogP contribution in [-0.2, 0) is 9.59 Å². The summed E-state index contributed by atoms with van der Waals surface area (Å²) in [7, 11) is 0. The van der Waals surface area contributed by atoms with Crippen LogP contribution in [0.4, 0.5) is 0 Å². The maximum atomic E-state index is 11.0. The van der Waals surface area contributed by atoms with E-state index in [1.165, 1.54) is 12.8 Å². The molecule has 0 saturated heterocycles. The number of alkyl halides is 2. The van der Waals surface area contributed by atoms with Gasteiger partial charge in [0.2, 0.25) is 0 Å². The van der Waals surface area contributed by atoms with Gasteiger partial charge in [0.15, 0.2) is 0 Å². The van der Waals surface area contributed by atoms with Gasteiger partial charge >= 0.3 is 11.9 Å². The van der Waals surface area contributed by atoms with Gasteiger partial charge < -0.3 is 10.2 Å². The molecule has 0 aromatic carbocycles. The first kappa shape index (κ1) is 29.0. The zero-order valence-electron chi connectivity index (χ0n) is 17.1. The fourth-order valence-electron chi connectivity index (χ4n) is 3.14. The lowest BCUT2D eigenvalue weighted by atomic mass is 9.83. The van der Waals surface area contributed by atoms with E-state index in [0.717, 1.165) is 51.4 Å². The van der Waals surface area contributed by atoms with Crippen molar-refractivity contribution >= 4 is 47.5 Å². The minimum atomic E-state index is -0.941. The molecular formula is C20H37Cl3O4. The van der Waals surface area contributed by atoms with E-state index in [0.29, 0.717) is 0 Å². The second kappa shape index (κ2) is 13.9. The molecule has 2 N–H and O–H groups in total. The van der Waals surface area contributed by atoms with E-state index < -0.39 is 22.7 Å². The second-order valence-electron chi connectivity index (χ2n) is 8.71. The Bertz CT molecular complexity index is 399. The van der Waals surface area contributed by atoms with Gasteiger partial charge in [0.1, 0.15) is 10.8 Å². The minimum absolute atomic E-state index is 0. The van der Waals surface area contributed by atoms with E-state index in [1.54, 1.807) is 0 Å². The number of carbonyl (C=O) groups is 2. The molecule has 0 rings (SSSR count). The van der Waals surface area contributed by atoms with Gasteiger partial charge in [-0.1, -0.05) is 79.1 Å². The first-order valence-corrected chi connectivity index (χ1v) is 10.5. The van der Waals surface area contributed by atoms with Crippen LogP contribution >= 0.6 is 35.6 Å². The van der Waals surface area contributed by atoms with Crippen molar-refractivity contribution < 1.29 is 19.8 Å². The van der Waals surface area contributed by atoms with Crippen LogP contribution in [0.25, 0.3) is 0 Å². The number of carboxylic acid groups (broad SMARTS) is 2. The summed E-state index contributed by atoms with van der Waals surface area (Å²) in [6.45, 7) is 7.65. The summed E-state index contributed by atoms with van der Waals surface area (Å²) in [5, 5.41) is 16.3. The molecule has 2 atom stereocenters. The average Bonchev–Trinajstić information content (AvgIpc) is 2.54. The number of halogens is 3. The van der Waals surface area contributed by atoms with Gasteiger partial charge in [0.25, 0.3) is 0 Å². The summed E-state index contributed by atoms with van der Waals surface area (Å²) in [6.07, 6.45) is 10.5. The lowest BCUT2D eigenvalue weighted by Crippen LogP contribution is -2.31. The monoisotopic (exact) mass is 446 g/mol. The molecule has 27 heavy (non-hydrogen) atoms. The van der Waals surface area contributed by atoms with Gasteiger partial charge in [0, 0.05) is 0 Å².